The fourth-order valence-corrected chi connectivity index (χ4v) is 3.63. The predicted molar refractivity (Wildman–Crippen MR) is 97.4 cm³/mol. The largest absolute Gasteiger partial charge is 0.490 e. The first kappa shape index (κ1) is 19.5. The van der Waals surface area contributed by atoms with Gasteiger partial charge in [-0.3, -0.25) is 14.8 Å². The van der Waals surface area contributed by atoms with E-state index < -0.39 is 14.9 Å². The molecular weight excluding hydrogens is 360 g/mol. The highest BCUT2D eigenvalue weighted by atomic mass is 32.2. The zero-order chi connectivity index (χ0) is 19.3. The van der Waals surface area contributed by atoms with Crippen molar-refractivity contribution in [3.8, 4) is 11.5 Å². The van der Waals surface area contributed by atoms with Crippen molar-refractivity contribution < 1.29 is 22.8 Å². The monoisotopic (exact) mass is 380 g/mol. The lowest BCUT2D eigenvalue weighted by molar-refractivity contribution is -0.385. The quantitative estimate of drug-likeness (QED) is 0.555. The highest BCUT2D eigenvalue weighted by molar-refractivity contribution is 7.92. The number of anilines is 1. The summed E-state index contributed by atoms with van der Waals surface area (Å²) in [6.07, 6.45) is 0. The molecule has 0 spiro atoms. The van der Waals surface area contributed by atoms with Gasteiger partial charge in [-0.15, -0.1) is 0 Å². The number of non-ortho nitro benzene ring substituents is 1. The molecular formula is C17H20N2O6S. The van der Waals surface area contributed by atoms with Crippen LogP contribution in [-0.4, -0.2) is 26.6 Å². The molecule has 1 N–H and O–H groups in total. The van der Waals surface area contributed by atoms with Crippen LogP contribution in [0.25, 0.3) is 0 Å². The lowest BCUT2D eigenvalue weighted by Crippen LogP contribution is -2.14. The maximum absolute atomic E-state index is 12.7. The number of nitrogens with zero attached hydrogens (tertiary/aromatic N) is 1. The average Bonchev–Trinajstić information content (AvgIpc) is 2.57. The number of ether oxygens (including phenoxy) is 2. The number of nitro groups is 1. The van der Waals surface area contributed by atoms with Gasteiger partial charge in [0, 0.05) is 18.2 Å². The van der Waals surface area contributed by atoms with Gasteiger partial charge >= 0.3 is 0 Å². The zero-order valence-corrected chi connectivity index (χ0v) is 15.5. The highest BCUT2D eigenvalue weighted by Crippen LogP contribution is 2.32. The number of nitrogens with one attached hydrogen (secondary N) is 1. The van der Waals surface area contributed by atoms with E-state index in [0.29, 0.717) is 30.3 Å². The molecule has 0 aliphatic rings. The van der Waals surface area contributed by atoms with Gasteiger partial charge in [0.15, 0.2) is 11.5 Å². The van der Waals surface area contributed by atoms with Crippen molar-refractivity contribution in [1.29, 1.82) is 0 Å². The second-order valence-corrected chi connectivity index (χ2v) is 6.99. The van der Waals surface area contributed by atoms with Crippen LogP contribution in [0, 0.1) is 17.0 Å². The van der Waals surface area contributed by atoms with Crippen LogP contribution >= 0.6 is 0 Å². The molecule has 9 heteroatoms. The number of hydrogen-bond donors (Lipinski definition) is 1. The Bertz CT molecular complexity index is 911. The zero-order valence-electron chi connectivity index (χ0n) is 14.7. The minimum Gasteiger partial charge on any atom is -0.490 e. The number of hydrogen-bond acceptors (Lipinski definition) is 6. The van der Waals surface area contributed by atoms with Gasteiger partial charge in [-0.05, 0) is 38.5 Å². The van der Waals surface area contributed by atoms with Gasteiger partial charge in [-0.2, -0.15) is 0 Å². The molecule has 0 aliphatic carbocycles. The summed E-state index contributed by atoms with van der Waals surface area (Å²) in [5.74, 6) is 0.911. The van der Waals surface area contributed by atoms with Gasteiger partial charge in [0.05, 0.1) is 28.7 Å². The maximum atomic E-state index is 12.7. The molecule has 0 fully saturated rings. The fraction of sp³-hybridized carbons (Fsp3) is 0.294. The Kier molecular flexibility index (Phi) is 6.04. The number of nitro benzene ring substituents is 1. The summed E-state index contributed by atoms with van der Waals surface area (Å²) in [7, 11) is -4.01. The molecule has 0 saturated heterocycles. The molecule has 2 rings (SSSR count). The molecule has 0 amide bonds. The summed E-state index contributed by atoms with van der Waals surface area (Å²) in [6.45, 7) is 6.04. The van der Waals surface area contributed by atoms with Gasteiger partial charge in [0.25, 0.3) is 15.7 Å². The second-order valence-electron chi connectivity index (χ2n) is 5.34. The molecule has 140 valence electrons. The molecule has 2 aromatic rings. The molecule has 2 aromatic carbocycles. The Balaban J connectivity index is 2.39. The van der Waals surface area contributed by atoms with Crippen molar-refractivity contribution in [3.63, 3.8) is 0 Å². The minimum atomic E-state index is -4.01. The van der Waals surface area contributed by atoms with Gasteiger partial charge in [0.1, 0.15) is 0 Å². The van der Waals surface area contributed by atoms with E-state index in [9.17, 15) is 18.5 Å². The van der Waals surface area contributed by atoms with E-state index in [1.54, 1.807) is 19.9 Å². The summed E-state index contributed by atoms with van der Waals surface area (Å²) < 4.78 is 38.7. The Hall–Kier alpha value is -2.81. The third kappa shape index (κ3) is 4.42. The highest BCUT2D eigenvalue weighted by Gasteiger charge is 2.21. The van der Waals surface area contributed by atoms with Crippen molar-refractivity contribution in [3.05, 3.63) is 52.1 Å². The van der Waals surface area contributed by atoms with Crippen molar-refractivity contribution >= 4 is 21.4 Å². The first-order chi connectivity index (χ1) is 12.3. The third-order valence-corrected chi connectivity index (χ3v) is 4.99. The van der Waals surface area contributed by atoms with Crippen LogP contribution in [0.4, 0.5) is 11.4 Å². The van der Waals surface area contributed by atoms with Crippen LogP contribution < -0.4 is 14.2 Å². The normalized spacial score (nSPS) is 11.0. The number of aryl methyl sites for hydroxylation is 1. The number of benzene rings is 2. The lowest BCUT2D eigenvalue weighted by atomic mass is 10.2. The summed E-state index contributed by atoms with van der Waals surface area (Å²) in [4.78, 5) is 10.1. The minimum absolute atomic E-state index is 0.154. The maximum Gasteiger partial charge on any atom is 0.270 e. The molecule has 0 aliphatic heterocycles. The van der Waals surface area contributed by atoms with E-state index in [1.807, 2.05) is 6.92 Å². The fourth-order valence-electron chi connectivity index (χ4n) is 2.32. The number of sulfonamides is 1. The topological polar surface area (TPSA) is 108 Å². The van der Waals surface area contributed by atoms with Crippen LogP contribution in [0.1, 0.15) is 19.4 Å². The van der Waals surface area contributed by atoms with Crippen molar-refractivity contribution in [2.45, 2.75) is 25.7 Å². The first-order valence-electron chi connectivity index (χ1n) is 7.96. The Morgan fingerprint density at radius 3 is 2.31 bits per heavy atom. The van der Waals surface area contributed by atoms with Gasteiger partial charge < -0.3 is 9.47 Å². The molecule has 0 bridgehead atoms. The lowest BCUT2D eigenvalue weighted by Gasteiger charge is -2.14. The van der Waals surface area contributed by atoms with Crippen molar-refractivity contribution in [2.75, 3.05) is 17.9 Å². The summed E-state index contributed by atoms with van der Waals surface area (Å²) in [6, 6.07) is 8.35. The standard InChI is InChI=1S/C17H20N2O6S/c1-4-24-15-9-7-13(10-16(15)25-5-2)18-26(22,23)17-11-14(19(20)21)8-6-12(17)3/h6-11,18H,4-5H2,1-3H3. The van der Waals surface area contributed by atoms with E-state index >= 15 is 0 Å². The average molecular weight is 380 g/mol. The molecule has 0 unspecified atom stereocenters. The molecule has 26 heavy (non-hydrogen) atoms. The Morgan fingerprint density at radius 2 is 1.69 bits per heavy atom. The Labute approximate surface area is 152 Å². The number of rotatable bonds is 8. The van der Waals surface area contributed by atoms with E-state index in [2.05, 4.69) is 4.72 Å². The molecule has 0 aromatic heterocycles. The first-order valence-corrected chi connectivity index (χ1v) is 9.44. The smallest absolute Gasteiger partial charge is 0.270 e. The van der Waals surface area contributed by atoms with E-state index in [4.69, 9.17) is 9.47 Å². The molecule has 0 atom stereocenters. The van der Waals surface area contributed by atoms with Gasteiger partial charge in [0.2, 0.25) is 0 Å². The van der Waals surface area contributed by atoms with Crippen LogP contribution in [0.3, 0.4) is 0 Å². The van der Waals surface area contributed by atoms with E-state index in [-0.39, 0.29) is 16.3 Å². The molecule has 0 radical (unpaired) electrons. The molecule has 0 heterocycles. The Morgan fingerprint density at radius 1 is 1.04 bits per heavy atom. The van der Waals surface area contributed by atoms with Gasteiger partial charge in [-0.1, -0.05) is 6.07 Å². The van der Waals surface area contributed by atoms with Crippen molar-refractivity contribution in [1.82, 2.24) is 0 Å². The van der Waals surface area contributed by atoms with Crippen LogP contribution in [0.15, 0.2) is 41.3 Å². The summed E-state index contributed by atoms with van der Waals surface area (Å²) in [5, 5.41) is 10.9. The van der Waals surface area contributed by atoms with E-state index in [0.717, 1.165) is 6.07 Å². The predicted octanol–water partition coefficient (Wildman–Crippen LogP) is 3.50. The summed E-state index contributed by atoms with van der Waals surface area (Å²) in [5.41, 5.74) is 0.375. The molecule has 0 saturated carbocycles. The van der Waals surface area contributed by atoms with Gasteiger partial charge in [-0.25, -0.2) is 8.42 Å². The van der Waals surface area contributed by atoms with Crippen LogP contribution in [-0.2, 0) is 10.0 Å². The SMILES string of the molecule is CCOc1ccc(NS(=O)(=O)c2cc([N+](=O)[O-])ccc2C)cc1OCC. The van der Waals surface area contributed by atoms with Crippen molar-refractivity contribution in [2.24, 2.45) is 0 Å². The third-order valence-electron chi connectivity index (χ3n) is 3.47. The molecule has 8 nitrogen and oxygen atoms in total. The van der Waals surface area contributed by atoms with Crippen LogP contribution in [0.5, 0.6) is 11.5 Å². The van der Waals surface area contributed by atoms with E-state index in [1.165, 1.54) is 24.3 Å². The summed E-state index contributed by atoms with van der Waals surface area (Å²) >= 11 is 0. The van der Waals surface area contributed by atoms with Crippen LogP contribution in [0.2, 0.25) is 0 Å². The second kappa shape index (κ2) is 8.05.